The largest absolute Gasteiger partial charge is 0.378 e. The highest BCUT2D eigenvalue weighted by atomic mass is 32.1. The van der Waals surface area contributed by atoms with Crippen LogP contribution < -0.4 is 14.8 Å². The van der Waals surface area contributed by atoms with Crippen molar-refractivity contribution < 1.29 is 0 Å². The minimum absolute atomic E-state index is 1.09. The molecule has 32 heavy (non-hydrogen) atoms. The summed E-state index contributed by atoms with van der Waals surface area (Å²) < 4.78 is 3.51. The number of unbranched alkanes of at least 4 members (excludes halogenated alkanes) is 9. The number of aryl methyl sites for hydroxylation is 1. The molecule has 0 fully saturated rings. The van der Waals surface area contributed by atoms with Gasteiger partial charge in [0.2, 0.25) is 5.36 Å². The van der Waals surface area contributed by atoms with Crippen molar-refractivity contribution in [2.45, 2.75) is 77.6 Å². The fourth-order valence-corrected chi connectivity index (χ4v) is 5.41. The van der Waals surface area contributed by atoms with Crippen LogP contribution in [0.15, 0.2) is 30.3 Å². The maximum absolute atomic E-state index is 5.01. The van der Waals surface area contributed by atoms with Crippen molar-refractivity contribution >= 4 is 27.2 Å². The number of rotatable bonds is 12. The van der Waals surface area contributed by atoms with E-state index in [-0.39, 0.29) is 0 Å². The van der Waals surface area contributed by atoms with Crippen LogP contribution in [-0.4, -0.2) is 33.2 Å². The van der Waals surface area contributed by atoms with Gasteiger partial charge in [-0.05, 0) is 37.1 Å². The number of hydrogen-bond acceptors (Lipinski definition) is 3. The standard InChI is InChI=1S/C28H42N3S/c1-6-7-8-9-10-11-12-13-14-15-16-22-19-25-28(21-26(22)31(4)5)32-27-20-23(30(2)3)17-18-24(27)29-25/h17-21H,6-16H2,1-5H3/q+1. The van der Waals surface area contributed by atoms with E-state index in [0.717, 1.165) is 17.6 Å². The summed E-state index contributed by atoms with van der Waals surface area (Å²) in [6.45, 7) is 2.29. The van der Waals surface area contributed by atoms with E-state index >= 15 is 0 Å². The van der Waals surface area contributed by atoms with Crippen molar-refractivity contribution in [2.24, 2.45) is 0 Å². The third kappa shape index (κ3) is 6.78. The van der Waals surface area contributed by atoms with Crippen molar-refractivity contribution in [1.29, 1.82) is 0 Å². The molecule has 0 N–H and O–H groups in total. The van der Waals surface area contributed by atoms with Gasteiger partial charge in [0.05, 0.1) is 20.8 Å². The van der Waals surface area contributed by atoms with Crippen molar-refractivity contribution in [3.05, 3.63) is 41.3 Å². The molecule has 0 spiro atoms. The zero-order valence-electron chi connectivity index (χ0n) is 20.9. The van der Waals surface area contributed by atoms with Crippen molar-refractivity contribution in [1.82, 2.24) is 9.56 Å². The molecule has 1 heterocycles. The van der Waals surface area contributed by atoms with E-state index < -0.39 is 0 Å². The Morgan fingerprint density at radius 2 is 1.50 bits per heavy atom. The third-order valence-electron chi connectivity index (χ3n) is 6.36. The lowest BCUT2D eigenvalue weighted by Crippen LogP contribution is -2.26. The highest BCUT2D eigenvalue weighted by molar-refractivity contribution is 7.21. The van der Waals surface area contributed by atoms with Crippen LogP contribution in [-0.2, 0) is 6.42 Å². The molecule has 0 saturated carbocycles. The van der Waals surface area contributed by atoms with Crippen LogP contribution in [0.5, 0.6) is 0 Å². The second-order valence-electron chi connectivity index (χ2n) is 9.54. The van der Waals surface area contributed by atoms with E-state index in [1.165, 1.54) is 90.4 Å². The van der Waals surface area contributed by atoms with Gasteiger partial charge in [0.15, 0.2) is 0 Å². The lowest BCUT2D eigenvalue weighted by Gasteiger charge is -2.14. The number of nitrogens with zero attached hydrogens (tertiary/aromatic N) is 3. The molecule has 0 radical (unpaired) electrons. The Kier molecular flexibility index (Phi) is 9.52. The van der Waals surface area contributed by atoms with Gasteiger partial charge < -0.3 is 4.90 Å². The van der Waals surface area contributed by atoms with Gasteiger partial charge in [0, 0.05) is 31.4 Å². The van der Waals surface area contributed by atoms with Crippen LogP contribution in [0.1, 0.15) is 76.7 Å². The van der Waals surface area contributed by atoms with Gasteiger partial charge in [-0.25, -0.2) is 9.56 Å². The minimum atomic E-state index is 1.09. The Hall–Kier alpha value is -1.94. The van der Waals surface area contributed by atoms with Crippen LogP contribution in [0.4, 0.5) is 5.69 Å². The normalized spacial score (nSPS) is 11.4. The first-order chi connectivity index (χ1) is 15.5. The smallest absolute Gasteiger partial charge is 0.204 e. The molecule has 1 aliphatic carbocycles. The van der Waals surface area contributed by atoms with Gasteiger partial charge in [0.1, 0.15) is 14.1 Å². The van der Waals surface area contributed by atoms with E-state index in [2.05, 4.69) is 74.9 Å². The summed E-state index contributed by atoms with van der Waals surface area (Å²) in [5.41, 5.74) is 4.88. The Labute approximate surface area is 199 Å². The number of benzene rings is 2. The highest BCUT2D eigenvalue weighted by Gasteiger charge is 2.14. The van der Waals surface area contributed by atoms with Crippen LogP contribution in [0.3, 0.4) is 0 Å². The molecule has 2 aliphatic rings. The molecule has 0 amide bonds. The highest BCUT2D eigenvalue weighted by Crippen LogP contribution is 2.32. The summed E-state index contributed by atoms with van der Waals surface area (Å²) in [7, 11) is 8.49. The molecule has 4 heteroatoms. The van der Waals surface area contributed by atoms with E-state index in [4.69, 9.17) is 4.98 Å². The zero-order valence-corrected chi connectivity index (χ0v) is 21.7. The van der Waals surface area contributed by atoms with E-state index in [0.29, 0.717) is 0 Å². The third-order valence-corrected chi connectivity index (χ3v) is 7.46. The SMILES string of the molecule is CCCCCCCCCCCCc1cc2nc3ccc(N(C)C)cc3sc-2cc1=[N+](C)C. The molecule has 3 nitrogen and oxygen atoms in total. The van der Waals surface area contributed by atoms with Crippen molar-refractivity contribution in [3.63, 3.8) is 0 Å². The zero-order chi connectivity index (χ0) is 22.9. The van der Waals surface area contributed by atoms with Crippen molar-refractivity contribution in [3.8, 4) is 10.6 Å². The maximum atomic E-state index is 5.01. The molecule has 0 bridgehead atoms. The summed E-state index contributed by atoms with van der Waals surface area (Å²) >= 11 is 1.85. The van der Waals surface area contributed by atoms with Gasteiger partial charge in [-0.1, -0.05) is 64.7 Å². The van der Waals surface area contributed by atoms with E-state index in [1.807, 2.05) is 11.3 Å². The lowest BCUT2D eigenvalue weighted by molar-refractivity contribution is 0.555. The van der Waals surface area contributed by atoms with Gasteiger partial charge in [-0.15, -0.1) is 11.3 Å². The van der Waals surface area contributed by atoms with Gasteiger partial charge in [-0.3, -0.25) is 0 Å². The molecule has 1 aromatic carbocycles. The molecule has 0 unspecified atom stereocenters. The van der Waals surface area contributed by atoms with Crippen molar-refractivity contribution in [2.75, 3.05) is 33.1 Å². The van der Waals surface area contributed by atoms with Crippen LogP contribution in [0.25, 0.3) is 20.8 Å². The fraction of sp³-hybridized carbons (Fsp3) is 0.571. The lowest BCUT2D eigenvalue weighted by atomic mass is 10.0. The summed E-state index contributed by atoms with van der Waals surface area (Å²) in [5, 5.41) is 1.34. The second kappa shape index (κ2) is 12.3. The topological polar surface area (TPSA) is 19.1 Å². The Morgan fingerprint density at radius 1 is 0.844 bits per heavy atom. The molecule has 1 aliphatic heterocycles. The quantitative estimate of drug-likeness (QED) is 0.168. The van der Waals surface area contributed by atoms with Gasteiger partial charge in [0.25, 0.3) is 0 Å². The summed E-state index contributed by atoms with van der Waals surface area (Å²) in [6.07, 6.45) is 14.9. The first-order valence-corrected chi connectivity index (χ1v) is 13.4. The summed E-state index contributed by atoms with van der Waals surface area (Å²) in [6, 6.07) is 11.3. The predicted molar refractivity (Wildman–Crippen MR) is 143 cm³/mol. The number of fused-ring (bicyclic) bond motifs is 2. The molecule has 3 rings (SSSR count). The number of anilines is 1. The maximum Gasteiger partial charge on any atom is 0.204 e. The molecular weight excluding hydrogens is 410 g/mol. The monoisotopic (exact) mass is 452 g/mol. The molecule has 1 aromatic rings. The molecule has 174 valence electrons. The molecule has 0 aromatic heterocycles. The van der Waals surface area contributed by atoms with Crippen LogP contribution >= 0.6 is 11.3 Å². The van der Waals surface area contributed by atoms with E-state index in [1.54, 1.807) is 0 Å². The van der Waals surface area contributed by atoms with Crippen LogP contribution in [0.2, 0.25) is 0 Å². The Morgan fingerprint density at radius 3 is 2.12 bits per heavy atom. The van der Waals surface area contributed by atoms with E-state index in [9.17, 15) is 0 Å². The predicted octanol–water partition coefficient (Wildman–Crippen LogP) is 6.96. The molecular formula is C28H42N3S+. The van der Waals surface area contributed by atoms with Gasteiger partial charge >= 0.3 is 0 Å². The number of hydrogen-bond donors (Lipinski definition) is 0. The fourth-order valence-electron chi connectivity index (χ4n) is 4.39. The average molecular weight is 453 g/mol. The van der Waals surface area contributed by atoms with Crippen LogP contribution in [0, 0.1) is 0 Å². The second-order valence-corrected chi connectivity index (χ2v) is 10.6. The summed E-state index contributed by atoms with van der Waals surface area (Å²) in [4.78, 5) is 8.43. The average Bonchev–Trinajstić information content (AvgIpc) is 2.77. The first kappa shape index (κ1) is 24.7. The molecule has 0 saturated heterocycles. The summed E-state index contributed by atoms with van der Waals surface area (Å²) in [5.74, 6) is 0. The molecule has 0 atom stereocenters. The Bertz CT molecular complexity index is 1030. The minimum Gasteiger partial charge on any atom is -0.378 e. The van der Waals surface area contributed by atoms with Gasteiger partial charge in [-0.2, -0.15) is 0 Å². The number of aromatic nitrogens is 1. The first-order valence-electron chi connectivity index (χ1n) is 12.5. The Balaban J connectivity index is 1.66.